The molecule has 2 aromatic rings. The van der Waals surface area contributed by atoms with Gasteiger partial charge in [-0.25, -0.2) is 4.39 Å². The average Bonchev–Trinajstić information content (AvgIpc) is 2.40. The number of carbonyl (C=O) groups excluding carboxylic acids is 1. The van der Waals surface area contributed by atoms with Crippen molar-refractivity contribution < 1.29 is 14.1 Å². The molecule has 102 valence electrons. The molecule has 0 spiro atoms. The Kier molecular flexibility index (Phi) is 3.60. The van der Waals surface area contributed by atoms with Crippen LogP contribution in [0.5, 0.6) is 0 Å². The summed E-state index contributed by atoms with van der Waals surface area (Å²) in [6.07, 6.45) is 0. The zero-order valence-electron chi connectivity index (χ0n) is 10.2. The summed E-state index contributed by atoms with van der Waals surface area (Å²) in [6.45, 7) is 0. The third-order valence-electron chi connectivity index (χ3n) is 2.62. The number of nitro groups is 1. The van der Waals surface area contributed by atoms with Gasteiger partial charge in [-0.2, -0.15) is 0 Å². The lowest BCUT2D eigenvalue weighted by Gasteiger charge is -2.07. The van der Waals surface area contributed by atoms with Crippen molar-refractivity contribution in [2.45, 2.75) is 0 Å². The normalized spacial score (nSPS) is 10.1. The SMILES string of the molecule is Nc1cccc(C(=O)Nc2ccccc2F)c1[N+](=O)[O-]. The maximum Gasteiger partial charge on any atom is 0.304 e. The van der Waals surface area contributed by atoms with Crippen molar-refractivity contribution >= 4 is 23.0 Å². The molecule has 0 fully saturated rings. The first-order chi connectivity index (χ1) is 9.50. The van der Waals surface area contributed by atoms with Crippen molar-refractivity contribution in [1.29, 1.82) is 0 Å². The van der Waals surface area contributed by atoms with Gasteiger partial charge in [0.25, 0.3) is 5.91 Å². The number of nitrogens with one attached hydrogen (secondary N) is 1. The van der Waals surface area contributed by atoms with E-state index in [1.807, 2.05) is 0 Å². The number of rotatable bonds is 3. The Balaban J connectivity index is 2.38. The Morgan fingerprint density at radius 1 is 1.20 bits per heavy atom. The van der Waals surface area contributed by atoms with Gasteiger partial charge in [-0.15, -0.1) is 0 Å². The standard InChI is InChI=1S/C13H10FN3O3/c14-9-5-1-2-7-11(9)16-13(18)8-4-3-6-10(15)12(8)17(19)20/h1-7H,15H2,(H,16,18). The lowest BCUT2D eigenvalue weighted by atomic mass is 10.1. The largest absolute Gasteiger partial charge is 0.393 e. The number of carbonyl (C=O) groups is 1. The second kappa shape index (κ2) is 5.35. The van der Waals surface area contributed by atoms with Crippen LogP contribution in [0.4, 0.5) is 21.5 Å². The summed E-state index contributed by atoms with van der Waals surface area (Å²) in [5, 5.41) is 13.2. The molecule has 0 aliphatic carbocycles. The summed E-state index contributed by atoms with van der Waals surface area (Å²) < 4.78 is 13.4. The van der Waals surface area contributed by atoms with E-state index in [0.717, 1.165) is 0 Å². The molecule has 0 saturated heterocycles. The second-order valence-corrected chi connectivity index (χ2v) is 3.93. The Morgan fingerprint density at radius 2 is 1.90 bits per heavy atom. The number of hydrogen-bond donors (Lipinski definition) is 2. The second-order valence-electron chi connectivity index (χ2n) is 3.93. The Morgan fingerprint density at radius 3 is 2.55 bits per heavy atom. The number of nitrogen functional groups attached to an aromatic ring is 1. The van der Waals surface area contributed by atoms with Gasteiger partial charge in [0.05, 0.1) is 10.6 Å². The fraction of sp³-hybridized carbons (Fsp3) is 0. The van der Waals surface area contributed by atoms with E-state index in [4.69, 9.17) is 5.73 Å². The van der Waals surface area contributed by atoms with Gasteiger partial charge in [0.1, 0.15) is 17.1 Å². The highest BCUT2D eigenvalue weighted by molar-refractivity contribution is 6.08. The predicted molar refractivity (Wildman–Crippen MR) is 71.9 cm³/mol. The number of amides is 1. The quantitative estimate of drug-likeness (QED) is 0.511. The van der Waals surface area contributed by atoms with Gasteiger partial charge < -0.3 is 11.1 Å². The van der Waals surface area contributed by atoms with E-state index in [9.17, 15) is 19.3 Å². The Bertz CT molecular complexity index is 688. The molecular formula is C13H10FN3O3. The first-order valence-corrected chi connectivity index (χ1v) is 5.59. The molecular weight excluding hydrogens is 265 g/mol. The van der Waals surface area contributed by atoms with Crippen LogP contribution in [0.2, 0.25) is 0 Å². The van der Waals surface area contributed by atoms with E-state index in [2.05, 4.69) is 5.32 Å². The third kappa shape index (κ3) is 2.56. The molecule has 0 unspecified atom stereocenters. The zero-order valence-corrected chi connectivity index (χ0v) is 10.2. The summed E-state index contributed by atoms with van der Waals surface area (Å²) in [5.41, 5.74) is 4.58. The van der Waals surface area contributed by atoms with E-state index in [1.54, 1.807) is 0 Å². The number of anilines is 2. The van der Waals surface area contributed by atoms with Crippen molar-refractivity contribution in [3.63, 3.8) is 0 Å². The van der Waals surface area contributed by atoms with Crippen LogP contribution in [-0.4, -0.2) is 10.8 Å². The number of halogens is 1. The lowest BCUT2D eigenvalue weighted by molar-refractivity contribution is -0.384. The summed E-state index contributed by atoms with van der Waals surface area (Å²) in [7, 11) is 0. The highest BCUT2D eigenvalue weighted by atomic mass is 19.1. The highest BCUT2D eigenvalue weighted by Gasteiger charge is 2.23. The van der Waals surface area contributed by atoms with Crippen molar-refractivity contribution in [2.24, 2.45) is 0 Å². The molecule has 0 heterocycles. The number of nitrogens with two attached hydrogens (primary N) is 1. The average molecular weight is 275 g/mol. The molecule has 0 aromatic heterocycles. The van der Waals surface area contributed by atoms with E-state index in [-0.39, 0.29) is 16.9 Å². The van der Waals surface area contributed by atoms with Crippen molar-refractivity contribution in [3.8, 4) is 0 Å². The van der Waals surface area contributed by atoms with Crippen LogP contribution in [0.1, 0.15) is 10.4 Å². The minimum absolute atomic E-state index is 0.0609. The van der Waals surface area contributed by atoms with E-state index < -0.39 is 22.3 Å². The molecule has 0 atom stereocenters. The fourth-order valence-electron chi connectivity index (χ4n) is 1.70. The van der Waals surface area contributed by atoms with Gasteiger partial charge in [-0.3, -0.25) is 14.9 Å². The van der Waals surface area contributed by atoms with Gasteiger partial charge in [0.15, 0.2) is 0 Å². The monoisotopic (exact) mass is 275 g/mol. The fourth-order valence-corrected chi connectivity index (χ4v) is 1.70. The highest BCUT2D eigenvalue weighted by Crippen LogP contribution is 2.26. The van der Waals surface area contributed by atoms with Crippen LogP contribution in [0.15, 0.2) is 42.5 Å². The minimum atomic E-state index is -0.797. The molecule has 0 bridgehead atoms. The molecule has 0 aliphatic heterocycles. The van der Waals surface area contributed by atoms with Crippen LogP contribution in [0.3, 0.4) is 0 Å². The maximum atomic E-state index is 13.4. The van der Waals surface area contributed by atoms with Crippen LogP contribution in [0.25, 0.3) is 0 Å². The van der Waals surface area contributed by atoms with Gasteiger partial charge in [0.2, 0.25) is 0 Å². The predicted octanol–water partition coefficient (Wildman–Crippen LogP) is 2.57. The first-order valence-electron chi connectivity index (χ1n) is 5.59. The number of nitrogens with zero attached hydrogens (tertiary/aromatic N) is 1. The summed E-state index contributed by atoms with van der Waals surface area (Å²) in [5.74, 6) is -1.43. The summed E-state index contributed by atoms with van der Waals surface area (Å²) in [4.78, 5) is 22.2. The summed E-state index contributed by atoms with van der Waals surface area (Å²) >= 11 is 0. The lowest BCUT2D eigenvalue weighted by Crippen LogP contribution is -2.15. The van der Waals surface area contributed by atoms with Gasteiger partial charge >= 0.3 is 5.69 Å². The smallest absolute Gasteiger partial charge is 0.304 e. The molecule has 6 nitrogen and oxygen atoms in total. The van der Waals surface area contributed by atoms with E-state index in [0.29, 0.717) is 0 Å². The van der Waals surface area contributed by atoms with Gasteiger partial charge in [0, 0.05) is 0 Å². The maximum absolute atomic E-state index is 13.4. The molecule has 20 heavy (non-hydrogen) atoms. The molecule has 3 N–H and O–H groups in total. The zero-order chi connectivity index (χ0) is 14.7. The number of benzene rings is 2. The molecule has 0 saturated carbocycles. The van der Waals surface area contributed by atoms with E-state index in [1.165, 1.54) is 42.5 Å². The van der Waals surface area contributed by atoms with Crippen molar-refractivity contribution in [1.82, 2.24) is 0 Å². The third-order valence-corrected chi connectivity index (χ3v) is 2.62. The van der Waals surface area contributed by atoms with E-state index >= 15 is 0 Å². The van der Waals surface area contributed by atoms with Gasteiger partial charge in [-0.1, -0.05) is 18.2 Å². The molecule has 1 amide bonds. The molecule has 0 aliphatic rings. The molecule has 2 rings (SSSR count). The molecule has 2 aromatic carbocycles. The van der Waals surface area contributed by atoms with Crippen LogP contribution in [0, 0.1) is 15.9 Å². The number of para-hydroxylation sites is 2. The topological polar surface area (TPSA) is 98.3 Å². The van der Waals surface area contributed by atoms with Crippen LogP contribution >= 0.6 is 0 Å². The van der Waals surface area contributed by atoms with Crippen LogP contribution < -0.4 is 11.1 Å². The number of nitro benzene ring substituents is 1. The molecule has 0 radical (unpaired) electrons. The van der Waals surface area contributed by atoms with Crippen molar-refractivity contribution in [2.75, 3.05) is 11.1 Å². The molecule has 7 heteroatoms. The van der Waals surface area contributed by atoms with Crippen molar-refractivity contribution in [3.05, 3.63) is 64.0 Å². The Hall–Kier alpha value is -2.96. The first kappa shape index (κ1) is 13.5. The summed E-state index contributed by atoms with van der Waals surface area (Å²) in [6, 6.07) is 9.51. The van der Waals surface area contributed by atoms with Gasteiger partial charge in [-0.05, 0) is 24.3 Å². The van der Waals surface area contributed by atoms with Crippen LogP contribution in [-0.2, 0) is 0 Å². The number of hydrogen-bond acceptors (Lipinski definition) is 4. The Labute approximate surface area is 113 Å². The minimum Gasteiger partial charge on any atom is -0.393 e.